The molecule has 3 atom stereocenters. The van der Waals surface area contributed by atoms with E-state index >= 15 is 0 Å². The summed E-state index contributed by atoms with van der Waals surface area (Å²) in [5.74, 6) is 0.0950. The first kappa shape index (κ1) is 25.6. The lowest BCUT2D eigenvalue weighted by Crippen LogP contribution is -2.62. The maximum atomic E-state index is 14.3. The van der Waals surface area contributed by atoms with Gasteiger partial charge in [0.2, 0.25) is 5.91 Å². The molecule has 3 saturated heterocycles. The van der Waals surface area contributed by atoms with E-state index in [-0.39, 0.29) is 41.5 Å². The van der Waals surface area contributed by atoms with Crippen LogP contribution in [0.15, 0.2) is 41.8 Å². The lowest BCUT2D eigenvalue weighted by Gasteiger charge is -2.43. The molecule has 3 aliphatic heterocycles. The van der Waals surface area contributed by atoms with Gasteiger partial charge in [0.25, 0.3) is 0 Å². The standard InChI is InChI=1S/C24H32F2N4O4S/c1-2-9-24(25,26)35(27,33)19-5-3-4-18(14-19)13-17-6-10-29(11-7-17)23(32)30-12-8-21-20(15-30)28-22(31)16-34-21/h2-5,14,17,20-21,27H,1,6-13,15-16H2,(H,28,31)/t20-,21+,35?/m1/s1. The fraction of sp³-hybridized carbons (Fsp3) is 0.583. The summed E-state index contributed by atoms with van der Waals surface area (Å²) >= 11 is 0. The van der Waals surface area contributed by atoms with E-state index in [1.54, 1.807) is 17.0 Å². The number of urea groups is 1. The van der Waals surface area contributed by atoms with Crippen LogP contribution in [0.3, 0.4) is 0 Å². The minimum atomic E-state index is -4.31. The van der Waals surface area contributed by atoms with E-state index in [1.165, 1.54) is 12.1 Å². The van der Waals surface area contributed by atoms with Gasteiger partial charge in [-0.05, 0) is 49.3 Å². The highest BCUT2D eigenvalue weighted by Crippen LogP contribution is 2.34. The van der Waals surface area contributed by atoms with Crippen molar-refractivity contribution in [3.8, 4) is 0 Å². The van der Waals surface area contributed by atoms with E-state index in [4.69, 9.17) is 9.52 Å². The molecule has 0 bridgehead atoms. The molecule has 0 saturated carbocycles. The Morgan fingerprint density at radius 3 is 2.69 bits per heavy atom. The van der Waals surface area contributed by atoms with Gasteiger partial charge in [-0.2, -0.15) is 8.78 Å². The maximum Gasteiger partial charge on any atom is 0.335 e. The van der Waals surface area contributed by atoms with Crippen molar-refractivity contribution >= 4 is 21.7 Å². The summed E-state index contributed by atoms with van der Waals surface area (Å²) in [5, 5.41) is -0.771. The highest BCUT2D eigenvalue weighted by Gasteiger charge is 2.41. The van der Waals surface area contributed by atoms with E-state index in [0.717, 1.165) is 24.5 Å². The molecular formula is C24H32F2N4O4S. The monoisotopic (exact) mass is 510 g/mol. The van der Waals surface area contributed by atoms with Gasteiger partial charge in [-0.25, -0.2) is 13.8 Å². The van der Waals surface area contributed by atoms with Crippen molar-refractivity contribution in [2.24, 2.45) is 5.92 Å². The summed E-state index contributed by atoms with van der Waals surface area (Å²) < 4.78 is 54.6. The summed E-state index contributed by atoms with van der Waals surface area (Å²) in [6, 6.07) is 5.92. The molecule has 2 N–H and O–H groups in total. The number of hydrogen-bond acceptors (Lipinski definition) is 5. The molecule has 3 amide bonds. The number of rotatable bonds is 6. The van der Waals surface area contributed by atoms with Crippen LogP contribution in [0.2, 0.25) is 0 Å². The molecule has 0 aliphatic carbocycles. The van der Waals surface area contributed by atoms with Crippen molar-refractivity contribution in [1.82, 2.24) is 15.1 Å². The van der Waals surface area contributed by atoms with Crippen molar-refractivity contribution in [1.29, 1.82) is 4.78 Å². The van der Waals surface area contributed by atoms with E-state index in [1.807, 2.05) is 4.90 Å². The SMILES string of the molecule is C=CCC(F)(F)S(=N)(=O)c1cccc(CC2CCN(C(=O)N3CC[C@@H]4OCC(=O)N[C@@H]4C3)CC2)c1. The average Bonchev–Trinajstić information content (AvgIpc) is 2.83. The third kappa shape index (κ3) is 5.50. The minimum absolute atomic E-state index is 0.0397. The van der Waals surface area contributed by atoms with Gasteiger partial charge in [0.05, 0.1) is 17.0 Å². The number of carbonyl (C=O) groups excluding carboxylic acids is 2. The molecule has 35 heavy (non-hydrogen) atoms. The van der Waals surface area contributed by atoms with Crippen molar-refractivity contribution in [2.75, 3.05) is 32.8 Å². The number of nitrogens with one attached hydrogen (secondary N) is 2. The van der Waals surface area contributed by atoms with Crippen LogP contribution in [0.25, 0.3) is 0 Å². The van der Waals surface area contributed by atoms with E-state index < -0.39 is 21.4 Å². The van der Waals surface area contributed by atoms with Crippen LogP contribution in [0.5, 0.6) is 0 Å². The number of nitrogens with zero attached hydrogens (tertiary/aromatic N) is 2. The zero-order valence-corrected chi connectivity index (χ0v) is 20.4. The molecule has 8 nitrogen and oxygen atoms in total. The molecule has 11 heteroatoms. The average molecular weight is 511 g/mol. The van der Waals surface area contributed by atoms with Crippen LogP contribution in [0, 0.1) is 10.7 Å². The lowest BCUT2D eigenvalue weighted by molar-refractivity contribution is -0.139. The molecule has 0 radical (unpaired) electrons. The Morgan fingerprint density at radius 1 is 1.26 bits per heavy atom. The summed E-state index contributed by atoms with van der Waals surface area (Å²) in [4.78, 5) is 28.1. The van der Waals surface area contributed by atoms with Gasteiger partial charge in [-0.15, -0.1) is 6.58 Å². The molecule has 0 aromatic heterocycles. The highest BCUT2D eigenvalue weighted by atomic mass is 32.2. The van der Waals surface area contributed by atoms with E-state index in [2.05, 4.69) is 11.9 Å². The normalized spacial score (nSPS) is 25.4. The molecule has 3 fully saturated rings. The summed E-state index contributed by atoms with van der Waals surface area (Å²) in [6.45, 7) is 5.54. The Hall–Kier alpha value is -2.53. The number of halogens is 2. The van der Waals surface area contributed by atoms with Crippen molar-refractivity contribution < 1.29 is 27.3 Å². The Labute approximate surface area is 204 Å². The molecule has 4 rings (SSSR count). The number of amides is 3. The quantitative estimate of drug-likeness (QED) is 0.574. The number of carbonyl (C=O) groups is 2. The first-order valence-electron chi connectivity index (χ1n) is 11.9. The molecule has 3 aliphatic rings. The topological polar surface area (TPSA) is 103 Å². The number of hydrogen-bond donors (Lipinski definition) is 2. The lowest BCUT2D eigenvalue weighted by atomic mass is 9.90. The van der Waals surface area contributed by atoms with Crippen LogP contribution in [-0.4, -0.2) is 76.1 Å². The predicted molar refractivity (Wildman–Crippen MR) is 127 cm³/mol. The maximum absolute atomic E-state index is 14.3. The van der Waals surface area contributed by atoms with Crippen LogP contribution in [0.4, 0.5) is 13.6 Å². The third-order valence-electron chi connectivity index (χ3n) is 7.04. The molecule has 192 valence electrons. The number of morpholine rings is 1. The molecular weight excluding hydrogens is 478 g/mol. The van der Waals surface area contributed by atoms with Crippen molar-refractivity contribution in [3.63, 3.8) is 0 Å². The number of ether oxygens (including phenoxy) is 1. The molecule has 0 spiro atoms. The minimum Gasteiger partial charge on any atom is -0.366 e. The van der Waals surface area contributed by atoms with Gasteiger partial charge in [0.15, 0.2) is 0 Å². The van der Waals surface area contributed by atoms with Crippen LogP contribution < -0.4 is 5.32 Å². The molecule has 1 aromatic rings. The Bertz CT molecular complexity index is 1070. The van der Waals surface area contributed by atoms with Gasteiger partial charge in [0, 0.05) is 32.6 Å². The summed E-state index contributed by atoms with van der Waals surface area (Å²) in [7, 11) is -4.31. The number of benzene rings is 1. The zero-order chi connectivity index (χ0) is 25.2. The van der Waals surface area contributed by atoms with Crippen molar-refractivity contribution in [3.05, 3.63) is 42.5 Å². The second-order valence-electron chi connectivity index (χ2n) is 9.51. The summed E-state index contributed by atoms with van der Waals surface area (Å²) in [6.07, 6.45) is 2.94. The third-order valence-corrected chi connectivity index (χ3v) is 8.96. The van der Waals surface area contributed by atoms with Gasteiger partial charge < -0.3 is 19.9 Å². The fourth-order valence-corrected chi connectivity index (χ4v) is 6.33. The predicted octanol–water partition coefficient (Wildman–Crippen LogP) is 3.22. The number of allylic oxidation sites excluding steroid dienone is 1. The van der Waals surface area contributed by atoms with Gasteiger partial charge in [0.1, 0.15) is 16.3 Å². The number of piperidine rings is 2. The van der Waals surface area contributed by atoms with Crippen molar-refractivity contribution in [2.45, 2.75) is 54.4 Å². The number of likely N-dealkylation sites (tertiary alicyclic amines) is 2. The molecule has 1 unspecified atom stereocenters. The Morgan fingerprint density at radius 2 is 1.97 bits per heavy atom. The Kier molecular flexibility index (Phi) is 7.46. The van der Waals surface area contributed by atoms with Gasteiger partial charge in [-0.1, -0.05) is 18.2 Å². The van der Waals surface area contributed by atoms with Crippen LogP contribution in [0.1, 0.15) is 31.2 Å². The number of alkyl halides is 2. The Balaban J connectivity index is 1.32. The largest absolute Gasteiger partial charge is 0.366 e. The second-order valence-corrected chi connectivity index (χ2v) is 11.7. The van der Waals surface area contributed by atoms with Gasteiger partial charge in [-0.3, -0.25) is 4.79 Å². The molecule has 3 heterocycles. The van der Waals surface area contributed by atoms with E-state index in [0.29, 0.717) is 39.0 Å². The number of fused-ring (bicyclic) bond motifs is 1. The molecule has 1 aromatic carbocycles. The zero-order valence-electron chi connectivity index (χ0n) is 19.6. The highest BCUT2D eigenvalue weighted by molar-refractivity contribution is 7.93. The fourth-order valence-electron chi connectivity index (χ4n) is 5.04. The summed E-state index contributed by atoms with van der Waals surface area (Å²) in [5.41, 5.74) is 0.761. The smallest absolute Gasteiger partial charge is 0.335 e. The first-order chi connectivity index (χ1) is 16.6. The second kappa shape index (κ2) is 10.2. The van der Waals surface area contributed by atoms with E-state index in [9.17, 15) is 22.6 Å². The van der Waals surface area contributed by atoms with Crippen LogP contribution in [-0.2, 0) is 25.7 Å². The van der Waals surface area contributed by atoms with Gasteiger partial charge >= 0.3 is 11.3 Å². The van der Waals surface area contributed by atoms with Crippen LogP contribution >= 0.6 is 0 Å². The first-order valence-corrected chi connectivity index (χ1v) is 13.5.